The largest absolute Gasteiger partial charge is 0.310 e. The SMILES string of the molecule is c1ccc(-n2c3ccccc3c3ccc(-c4ccc(N(c5ccc6ccccc6c5)c5cccc6c5c5ccccc5n6-c5ccccc5)cc4)cc32)cc1. The monoisotopic (exact) mass is 701 g/mol. The van der Waals surface area contributed by atoms with E-state index in [2.05, 4.69) is 226 Å². The molecule has 0 unspecified atom stereocenters. The average Bonchev–Trinajstić information content (AvgIpc) is 3.78. The molecule has 3 heteroatoms. The van der Waals surface area contributed by atoms with Crippen LogP contribution in [-0.2, 0) is 0 Å². The van der Waals surface area contributed by atoms with Gasteiger partial charge in [-0.15, -0.1) is 0 Å². The van der Waals surface area contributed by atoms with Crippen molar-refractivity contribution in [2.45, 2.75) is 0 Å². The lowest BCUT2D eigenvalue weighted by molar-refractivity contribution is 1.18. The van der Waals surface area contributed by atoms with Crippen molar-refractivity contribution in [3.63, 3.8) is 0 Å². The van der Waals surface area contributed by atoms with Crippen LogP contribution in [0.3, 0.4) is 0 Å². The van der Waals surface area contributed by atoms with Gasteiger partial charge < -0.3 is 14.0 Å². The molecule has 3 nitrogen and oxygen atoms in total. The smallest absolute Gasteiger partial charge is 0.0562 e. The quantitative estimate of drug-likeness (QED) is 0.168. The fourth-order valence-corrected chi connectivity index (χ4v) is 8.59. The minimum absolute atomic E-state index is 1.10. The third-order valence-electron chi connectivity index (χ3n) is 11.1. The first-order valence-corrected chi connectivity index (χ1v) is 18.9. The van der Waals surface area contributed by atoms with Crippen molar-refractivity contribution in [1.82, 2.24) is 9.13 Å². The molecule has 0 fully saturated rings. The van der Waals surface area contributed by atoms with Crippen LogP contribution in [0.25, 0.3) is 76.9 Å². The number of para-hydroxylation sites is 4. The van der Waals surface area contributed by atoms with E-state index in [0.717, 1.165) is 28.4 Å². The molecule has 0 aliphatic carbocycles. The van der Waals surface area contributed by atoms with Crippen LogP contribution in [0.5, 0.6) is 0 Å². The normalized spacial score (nSPS) is 11.6. The van der Waals surface area contributed by atoms with Gasteiger partial charge in [0.2, 0.25) is 0 Å². The molecule has 258 valence electrons. The van der Waals surface area contributed by atoms with E-state index in [0.29, 0.717) is 0 Å². The van der Waals surface area contributed by atoms with Gasteiger partial charge in [0.15, 0.2) is 0 Å². The topological polar surface area (TPSA) is 13.1 Å². The van der Waals surface area contributed by atoms with Crippen LogP contribution < -0.4 is 4.90 Å². The standard InChI is InChI=1S/C52H35N3/c1-3-16-40(17-4-1)54-48-23-12-10-21-46(48)52-49(24-13-25-50(52)54)53(43-32-28-36-14-7-8-15-38(36)34-43)42-30-26-37(27-31-42)39-29-33-45-44-20-9-11-22-47(44)55(51(45)35-39)41-18-5-2-6-19-41/h1-35H. The Morgan fingerprint density at radius 1 is 0.309 bits per heavy atom. The Labute approximate surface area is 319 Å². The molecule has 0 atom stereocenters. The second-order valence-electron chi connectivity index (χ2n) is 14.2. The van der Waals surface area contributed by atoms with Crippen LogP contribution >= 0.6 is 0 Å². The number of rotatable bonds is 6. The number of aromatic nitrogens is 2. The Bertz CT molecular complexity index is 3190. The molecular formula is C52H35N3. The van der Waals surface area contributed by atoms with Crippen LogP contribution in [0.1, 0.15) is 0 Å². The zero-order chi connectivity index (χ0) is 36.3. The van der Waals surface area contributed by atoms with Gasteiger partial charge in [-0.05, 0) is 101 Å². The maximum Gasteiger partial charge on any atom is 0.0562 e. The lowest BCUT2D eigenvalue weighted by Crippen LogP contribution is -2.10. The van der Waals surface area contributed by atoms with E-state index in [-0.39, 0.29) is 0 Å². The molecule has 9 aromatic carbocycles. The highest BCUT2D eigenvalue weighted by Gasteiger charge is 2.21. The first kappa shape index (κ1) is 31.2. The van der Waals surface area contributed by atoms with E-state index >= 15 is 0 Å². The van der Waals surface area contributed by atoms with E-state index < -0.39 is 0 Å². The van der Waals surface area contributed by atoms with Gasteiger partial charge in [-0.2, -0.15) is 0 Å². The lowest BCUT2D eigenvalue weighted by Gasteiger charge is -2.27. The minimum atomic E-state index is 1.10. The number of benzene rings is 9. The maximum atomic E-state index is 2.43. The van der Waals surface area contributed by atoms with E-state index in [1.165, 1.54) is 65.5 Å². The number of hydrogen-bond donors (Lipinski definition) is 0. The Morgan fingerprint density at radius 2 is 0.855 bits per heavy atom. The molecule has 0 saturated carbocycles. The third-order valence-corrected chi connectivity index (χ3v) is 11.1. The predicted molar refractivity (Wildman–Crippen MR) is 233 cm³/mol. The summed E-state index contributed by atoms with van der Waals surface area (Å²) in [4.78, 5) is 2.43. The molecule has 11 aromatic rings. The Hall–Kier alpha value is -7.36. The van der Waals surface area contributed by atoms with Crippen LogP contribution in [0, 0.1) is 0 Å². The van der Waals surface area contributed by atoms with Crippen molar-refractivity contribution in [2.75, 3.05) is 4.90 Å². The summed E-state index contributed by atoms with van der Waals surface area (Å²) in [5, 5.41) is 7.40. The van der Waals surface area contributed by atoms with E-state index in [1.807, 2.05) is 0 Å². The summed E-state index contributed by atoms with van der Waals surface area (Å²) >= 11 is 0. The molecule has 0 saturated heterocycles. The highest BCUT2D eigenvalue weighted by Crippen LogP contribution is 2.45. The molecule has 0 bridgehead atoms. The minimum Gasteiger partial charge on any atom is -0.310 e. The summed E-state index contributed by atoms with van der Waals surface area (Å²) < 4.78 is 4.78. The summed E-state index contributed by atoms with van der Waals surface area (Å²) in [6, 6.07) is 76.9. The number of hydrogen-bond acceptors (Lipinski definition) is 1. The van der Waals surface area contributed by atoms with Crippen LogP contribution in [0.2, 0.25) is 0 Å². The first-order valence-electron chi connectivity index (χ1n) is 18.9. The molecule has 0 aliphatic rings. The molecule has 2 aromatic heterocycles. The van der Waals surface area contributed by atoms with Crippen molar-refractivity contribution in [3.8, 4) is 22.5 Å². The van der Waals surface area contributed by atoms with Gasteiger partial charge in [-0.1, -0.05) is 133 Å². The first-order chi connectivity index (χ1) is 27.3. The molecule has 0 N–H and O–H groups in total. The highest BCUT2D eigenvalue weighted by molar-refractivity contribution is 6.17. The Morgan fingerprint density at radius 3 is 1.60 bits per heavy atom. The van der Waals surface area contributed by atoms with Crippen LogP contribution in [-0.4, -0.2) is 9.13 Å². The molecule has 0 radical (unpaired) electrons. The molecule has 0 aliphatic heterocycles. The second kappa shape index (κ2) is 12.6. The van der Waals surface area contributed by atoms with Crippen molar-refractivity contribution in [3.05, 3.63) is 212 Å². The second-order valence-corrected chi connectivity index (χ2v) is 14.2. The molecule has 55 heavy (non-hydrogen) atoms. The molecule has 11 rings (SSSR count). The third kappa shape index (κ3) is 5.05. The summed E-state index contributed by atoms with van der Waals surface area (Å²) in [6.07, 6.45) is 0. The van der Waals surface area contributed by atoms with Gasteiger partial charge in [0, 0.05) is 44.3 Å². The summed E-state index contributed by atoms with van der Waals surface area (Å²) in [6.45, 7) is 0. The molecule has 0 amide bonds. The van der Waals surface area contributed by atoms with Gasteiger partial charge in [-0.3, -0.25) is 0 Å². The van der Waals surface area contributed by atoms with Crippen LogP contribution in [0.15, 0.2) is 212 Å². The van der Waals surface area contributed by atoms with Gasteiger partial charge >= 0.3 is 0 Å². The van der Waals surface area contributed by atoms with Crippen molar-refractivity contribution >= 4 is 71.4 Å². The molecular weight excluding hydrogens is 667 g/mol. The van der Waals surface area contributed by atoms with Gasteiger partial charge in [0.05, 0.1) is 27.8 Å². The number of anilines is 3. The van der Waals surface area contributed by atoms with Crippen LogP contribution in [0.4, 0.5) is 17.1 Å². The predicted octanol–water partition coefficient (Wildman–Crippen LogP) is 14.2. The lowest BCUT2D eigenvalue weighted by atomic mass is 10.0. The fraction of sp³-hybridized carbons (Fsp3) is 0. The highest BCUT2D eigenvalue weighted by atomic mass is 15.1. The van der Waals surface area contributed by atoms with Gasteiger partial charge in [0.1, 0.15) is 0 Å². The molecule has 2 heterocycles. The summed E-state index contributed by atoms with van der Waals surface area (Å²) in [5.41, 5.74) is 12.8. The summed E-state index contributed by atoms with van der Waals surface area (Å²) in [5.74, 6) is 0. The van der Waals surface area contributed by atoms with Crippen molar-refractivity contribution in [1.29, 1.82) is 0 Å². The van der Waals surface area contributed by atoms with E-state index in [9.17, 15) is 0 Å². The van der Waals surface area contributed by atoms with E-state index in [1.54, 1.807) is 0 Å². The van der Waals surface area contributed by atoms with Crippen molar-refractivity contribution in [2.24, 2.45) is 0 Å². The maximum absolute atomic E-state index is 2.43. The summed E-state index contributed by atoms with van der Waals surface area (Å²) in [7, 11) is 0. The Balaban J connectivity index is 1.10. The average molecular weight is 702 g/mol. The zero-order valence-corrected chi connectivity index (χ0v) is 30.0. The van der Waals surface area contributed by atoms with Gasteiger partial charge in [0.25, 0.3) is 0 Å². The molecule has 0 spiro atoms. The van der Waals surface area contributed by atoms with Crippen molar-refractivity contribution < 1.29 is 0 Å². The van der Waals surface area contributed by atoms with Gasteiger partial charge in [-0.25, -0.2) is 0 Å². The fourth-order valence-electron chi connectivity index (χ4n) is 8.59. The Kier molecular flexibility index (Phi) is 7.17. The number of nitrogens with zero attached hydrogens (tertiary/aromatic N) is 3. The zero-order valence-electron chi connectivity index (χ0n) is 30.0. The number of fused-ring (bicyclic) bond motifs is 7. The van der Waals surface area contributed by atoms with E-state index in [4.69, 9.17) is 0 Å².